The highest BCUT2D eigenvalue weighted by molar-refractivity contribution is 5.93. The Kier molecular flexibility index (Phi) is 4.51. The highest BCUT2D eigenvalue weighted by Crippen LogP contribution is 2.36. The zero-order valence-corrected chi connectivity index (χ0v) is 20.5. The van der Waals surface area contributed by atoms with Crippen molar-refractivity contribution in [3.8, 4) is 22.4 Å². The molecule has 0 bridgehead atoms. The van der Waals surface area contributed by atoms with Gasteiger partial charge in [-0.2, -0.15) is 0 Å². The summed E-state index contributed by atoms with van der Waals surface area (Å²) in [5, 5.41) is 6.94. The van der Waals surface area contributed by atoms with E-state index in [2.05, 4.69) is 118 Å². The first kappa shape index (κ1) is 21.0. The van der Waals surface area contributed by atoms with Crippen LogP contribution in [0.3, 0.4) is 0 Å². The molecule has 38 heavy (non-hydrogen) atoms. The van der Waals surface area contributed by atoms with Gasteiger partial charge in [0.1, 0.15) is 0 Å². The normalized spacial score (nSPS) is 16.5. The van der Waals surface area contributed by atoms with Crippen LogP contribution < -0.4 is 20.6 Å². The van der Waals surface area contributed by atoms with Crippen LogP contribution in [-0.2, 0) is 0 Å². The number of H-pyrrole nitrogens is 1. The molecule has 0 saturated heterocycles. The van der Waals surface area contributed by atoms with E-state index in [0.29, 0.717) is 0 Å². The van der Waals surface area contributed by atoms with E-state index in [1.165, 1.54) is 28.0 Å². The number of fused-ring (bicyclic) bond motifs is 6. The van der Waals surface area contributed by atoms with Crippen molar-refractivity contribution in [3.05, 3.63) is 136 Å². The minimum absolute atomic E-state index is 0.138. The van der Waals surface area contributed by atoms with Crippen LogP contribution in [0.5, 0.6) is 0 Å². The lowest BCUT2D eigenvalue weighted by Gasteiger charge is -2.28. The largest absolute Gasteiger partial charge is 0.372 e. The second-order valence-corrected chi connectivity index (χ2v) is 9.88. The predicted molar refractivity (Wildman–Crippen MR) is 155 cm³/mol. The fourth-order valence-corrected chi connectivity index (χ4v) is 5.65. The number of aromatic amines is 1. The van der Waals surface area contributed by atoms with Crippen LogP contribution in [0.1, 0.15) is 22.9 Å². The topological polar surface area (TPSA) is 54.8 Å². The molecule has 2 aliphatic heterocycles. The Balaban J connectivity index is 1.15. The fraction of sp³-hybridized carbons (Fsp3) is 0.0294. The van der Waals surface area contributed by atoms with Crippen molar-refractivity contribution in [2.75, 3.05) is 0 Å². The van der Waals surface area contributed by atoms with Gasteiger partial charge in [-0.25, -0.2) is 4.98 Å². The van der Waals surface area contributed by atoms with Crippen molar-refractivity contribution in [2.45, 2.75) is 6.04 Å². The van der Waals surface area contributed by atoms with Crippen LogP contribution in [0.4, 0.5) is 0 Å². The molecule has 4 nitrogen and oxygen atoms in total. The molecule has 0 saturated carbocycles. The molecule has 2 aromatic heterocycles. The summed E-state index contributed by atoms with van der Waals surface area (Å²) in [4.78, 5) is 8.44. The molecule has 1 unspecified atom stereocenters. The zero-order valence-electron chi connectivity index (χ0n) is 20.5. The molecule has 4 heterocycles. The average Bonchev–Trinajstić information content (AvgIpc) is 3.67. The molecule has 1 atom stereocenters. The molecular formula is C34H23N4+. The Morgan fingerprint density at radius 2 is 1.55 bits per heavy atom. The standard InChI is InChI=1S/C34H22N4/c1-3-25(19-27(5-1)29-13-11-21-7-9-23-15-17-35-31(23)33(21)37-29)26-4-2-6-28(20-26)30-14-12-22-8-10-24-16-18-36-32(24)34(22)38-30/h1-20,33H,(H,36,38)/p+1. The van der Waals surface area contributed by atoms with Crippen molar-refractivity contribution in [1.29, 1.82) is 0 Å². The quantitative estimate of drug-likeness (QED) is 0.349. The van der Waals surface area contributed by atoms with Crippen LogP contribution in [-0.4, -0.2) is 16.2 Å². The lowest BCUT2D eigenvalue weighted by Crippen LogP contribution is -2.26. The van der Waals surface area contributed by atoms with Gasteiger partial charge in [-0.15, -0.1) is 0 Å². The fourth-order valence-electron chi connectivity index (χ4n) is 5.65. The maximum atomic E-state index is 5.03. The van der Waals surface area contributed by atoms with Crippen molar-refractivity contribution in [3.63, 3.8) is 0 Å². The van der Waals surface area contributed by atoms with E-state index in [-0.39, 0.29) is 6.04 Å². The number of nitrogens with zero attached hydrogens (tertiary/aromatic N) is 2. The van der Waals surface area contributed by atoms with Gasteiger partial charge in [-0.3, -0.25) is 0 Å². The van der Waals surface area contributed by atoms with Gasteiger partial charge in [0.2, 0.25) is 0 Å². The summed E-state index contributed by atoms with van der Waals surface area (Å²) in [6, 6.07) is 28.1. The molecular weight excluding hydrogens is 464 g/mol. The number of pyridine rings is 1. The predicted octanol–water partition coefficient (Wildman–Crippen LogP) is 5.09. The number of hydrogen-bond donors (Lipinski definition) is 2. The third kappa shape index (κ3) is 3.32. The van der Waals surface area contributed by atoms with Crippen LogP contribution in [0.15, 0.2) is 109 Å². The number of hydrogen-bond acceptors (Lipinski definition) is 2. The first-order chi connectivity index (χ1) is 18.8. The summed E-state index contributed by atoms with van der Waals surface area (Å²) < 4.78 is 4.55. The number of dihydropyridines is 1. The minimum Gasteiger partial charge on any atom is -0.372 e. The van der Waals surface area contributed by atoms with Crippen molar-refractivity contribution < 1.29 is 0 Å². The zero-order chi connectivity index (χ0) is 25.1. The van der Waals surface area contributed by atoms with Gasteiger partial charge in [-0.1, -0.05) is 71.4 Å². The van der Waals surface area contributed by atoms with Gasteiger partial charge in [-0.05, 0) is 64.2 Å². The van der Waals surface area contributed by atoms with E-state index in [1.807, 2.05) is 18.5 Å². The molecule has 2 N–H and O–H groups in total. The Hall–Kier alpha value is -5.18. The maximum Gasteiger partial charge on any atom is 0.360 e. The number of benzene rings is 3. The Bertz CT molecular complexity index is 2050. The second-order valence-electron chi connectivity index (χ2n) is 9.88. The van der Waals surface area contributed by atoms with Crippen LogP contribution in [0.25, 0.3) is 51.1 Å². The number of aromatic nitrogens is 2. The van der Waals surface area contributed by atoms with Gasteiger partial charge >= 0.3 is 5.36 Å². The summed E-state index contributed by atoms with van der Waals surface area (Å²) in [6.45, 7) is 0. The van der Waals surface area contributed by atoms with E-state index in [9.17, 15) is 0 Å². The Labute approximate surface area is 219 Å². The van der Waals surface area contributed by atoms with Gasteiger partial charge < -0.3 is 10.3 Å². The highest BCUT2D eigenvalue weighted by Gasteiger charge is 2.25. The molecule has 0 radical (unpaired) electrons. The summed E-state index contributed by atoms with van der Waals surface area (Å²) >= 11 is 0. The van der Waals surface area contributed by atoms with Crippen molar-refractivity contribution in [2.24, 2.45) is 0 Å². The van der Waals surface area contributed by atoms with E-state index in [1.54, 1.807) is 0 Å². The summed E-state index contributed by atoms with van der Waals surface area (Å²) in [5.74, 6) is 0. The van der Waals surface area contributed by atoms with Gasteiger partial charge in [0.05, 0.1) is 17.0 Å². The van der Waals surface area contributed by atoms with Crippen LogP contribution >= 0.6 is 0 Å². The summed E-state index contributed by atoms with van der Waals surface area (Å²) in [5.41, 5.74) is 11.3. The van der Waals surface area contributed by atoms with Gasteiger partial charge in [0.15, 0.2) is 5.52 Å². The lowest BCUT2D eigenvalue weighted by molar-refractivity contribution is 0.710. The average molecular weight is 488 g/mol. The van der Waals surface area contributed by atoms with E-state index >= 15 is 0 Å². The third-order valence-corrected chi connectivity index (χ3v) is 7.62. The van der Waals surface area contributed by atoms with Crippen LogP contribution in [0, 0.1) is 0 Å². The number of rotatable bonds is 3. The van der Waals surface area contributed by atoms with Gasteiger partial charge in [0, 0.05) is 34.6 Å². The molecule has 8 rings (SSSR count). The molecule has 0 amide bonds. The number of nitrogens with one attached hydrogen (secondary N) is 2. The van der Waals surface area contributed by atoms with Crippen LogP contribution in [0.2, 0.25) is 0 Å². The van der Waals surface area contributed by atoms with E-state index in [0.717, 1.165) is 44.0 Å². The molecule has 3 aliphatic rings. The molecule has 1 aliphatic carbocycles. The molecule has 3 aromatic carbocycles. The first-order valence-electron chi connectivity index (χ1n) is 12.9. The first-order valence-corrected chi connectivity index (χ1v) is 12.9. The molecule has 0 fully saturated rings. The summed E-state index contributed by atoms with van der Waals surface area (Å²) in [6.07, 6.45) is 14.7. The number of allylic oxidation sites excluding steroid dienone is 2. The Morgan fingerprint density at radius 1 is 0.737 bits per heavy atom. The monoisotopic (exact) mass is 487 g/mol. The smallest absolute Gasteiger partial charge is 0.360 e. The molecule has 178 valence electrons. The highest BCUT2D eigenvalue weighted by atomic mass is 15.0. The maximum absolute atomic E-state index is 5.03. The minimum atomic E-state index is 0.138. The van der Waals surface area contributed by atoms with Gasteiger partial charge in [0.25, 0.3) is 6.21 Å². The SMILES string of the molecule is C1=Cc2cc[nH]c2C2NC(c3cccc(-c4cccc(-c5ccc6ccc7c(c6n5)=[N+]=CC=7)c4)c3)=CC=C12. The lowest BCUT2D eigenvalue weighted by atomic mass is 9.90. The molecule has 5 aromatic rings. The van der Waals surface area contributed by atoms with Crippen molar-refractivity contribution >= 4 is 35.0 Å². The van der Waals surface area contributed by atoms with Crippen molar-refractivity contribution in [1.82, 2.24) is 20.0 Å². The molecule has 4 heteroatoms. The summed E-state index contributed by atoms with van der Waals surface area (Å²) in [7, 11) is 0. The third-order valence-electron chi connectivity index (χ3n) is 7.62. The van der Waals surface area contributed by atoms with E-state index < -0.39 is 0 Å². The molecule has 0 spiro atoms. The second kappa shape index (κ2) is 8.17. The van der Waals surface area contributed by atoms with E-state index in [4.69, 9.17) is 4.98 Å². The Morgan fingerprint density at radius 3 is 2.47 bits per heavy atom.